The fraction of sp³-hybridized carbons (Fsp3) is 0.417. The zero-order chi connectivity index (χ0) is 11.5. The number of aldehydes is 1. The second-order valence-electron chi connectivity index (χ2n) is 3.95. The number of rotatable bonds is 2. The molecule has 0 aliphatic carbocycles. The monoisotopic (exact) mass is 299 g/mol. The number of halogens is 1. The third kappa shape index (κ3) is 2.61. The van der Waals surface area contributed by atoms with E-state index >= 15 is 0 Å². The molecule has 2 nitrogen and oxygen atoms in total. The Balaban J connectivity index is 2.30. The molecular weight excluding hydrogens is 286 g/mol. The maximum Gasteiger partial charge on any atom is 0.152 e. The van der Waals surface area contributed by atoms with Gasteiger partial charge in [-0.25, -0.2) is 0 Å². The molecule has 0 N–H and O–H groups in total. The molecule has 0 aromatic heterocycles. The minimum Gasteiger partial charge on any atom is -0.369 e. The van der Waals surface area contributed by atoms with Crippen molar-refractivity contribution in [2.24, 2.45) is 0 Å². The molecule has 0 spiro atoms. The Labute approximate surface area is 109 Å². The Morgan fingerprint density at radius 3 is 3.06 bits per heavy atom. The van der Waals surface area contributed by atoms with E-state index < -0.39 is 0 Å². The summed E-state index contributed by atoms with van der Waals surface area (Å²) in [5.41, 5.74) is 1.83. The highest BCUT2D eigenvalue weighted by Crippen LogP contribution is 2.28. The summed E-state index contributed by atoms with van der Waals surface area (Å²) in [6, 6.07) is 5.82. The normalized spacial score (nSPS) is 20.9. The highest BCUT2D eigenvalue weighted by atomic mass is 79.9. The van der Waals surface area contributed by atoms with Gasteiger partial charge in [-0.15, -0.1) is 0 Å². The average molecular weight is 300 g/mol. The molecule has 1 aromatic carbocycles. The van der Waals surface area contributed by atoms with Crippen LogP contribution in [0.3, 0.4) is 0 Å². The lowest BCUT2D eigenvalue weighted by atomic mass is 10.1. The van der Waals surface area contributed by atoms with Gasteiger partial charge in [0.1, 0.15) is 0 Å². The highest BCUT2D eigenvalue weighted by molar-refractivity contribution is 9.10. The Morgan fingerprint density at radius 1 is 1.56 bits per heavy atom. The molecule has 4 heteroatoms. The van der Waals surface area contributed by atoms with Gasteiger partial charge in [0.15, 0.2) is 6.29 Å². The standard InChI is InChI=1S/C12H14BrNOS/c1-9-7-14(4-5-16-9)12-6-11(13)3-2-10(12)8-15/h2-3,6,8-9H,4-5,7H2,1H3. The van der Waals surface area contributed by atoms with Crippen molar-refractivity contribution in [3.8, 4) is 0 Å². The highest BCUT2D eigenvalue weighted by Gasteiger charge is 2.19. The lowest BCUT2D eigenvalue weighted by Crippen LogP contribution is -2.37. The van der Waals surface area contributed by atoms with Crippen molar-refractivity contribution >= 4 is 39.7 Å². The number of benzene rings is 1. The number of carbonyl (C=O) groups excluding carboxylic acids is 1. The van der Waals surface area contributed by atoms with Gasteiger partial charge in [-0.2, -0.15) is 11.8 Å². The first-order valence-electron chi connectivity index (χ1n) is 5.32. The molecule has 0 saturated carbocycles. The minimum atomic E-state index is 0.632. The van der Waals surface area contributed by atoms with Crippen LogP contribution in [0, 0.1) is 0 Å². The molecule has 1 aliphatic heterocycles. The fourth-order valence-corrected chi connectivity index (χ4v) is 3.29. The molecule has 1 unspecified atom stereocenters. The number of hydrogen-bond acceptors (Lipinski definition) is 3. The summed E-state index contributed by atoms with van der Waals surface area (Å²) in [5, 5.41) is 0.632. The van der Waals surface area contributed by atoms with Crippen LogP contribution in [0.2, 0.25) is 0 Å². The average Bonchev–Trinajstić information content (AvgIpc) is 2.29. The van der Waals surface area contributed by atoms with Crippen molar-refractivity contribution in [2.75, 3.05) is 23.7 Å². The lowest BCUT2D eigenvalue weighted by Gasteiger charge is -2.33. The predicted molar refractivity (Wildman–Crippen MR) is 73.7 cm³/mol. The summed E-state index contributed by atoms with van der Waals surface area (Å²) in [7, 11) is 0. The Hall–Kier alpha value is -0.480. The van der Waals surface area contributed by atoms with E-state index in [0.717, 1.165) is 40.9 Å². The van der Waals surface area contributed by atoms with Gasteiger partial charge in [0.05, 0.1) is 0 Å². The molecule has 0 radical (unpaired) electrons. The molecule has 1 atom stereocenters. The zero-order valence-corrected chi connectivity index (χ0v) is 11.6. The largest absolute Gasteiger partial charge is 0.369 e. The van der Waals surface area contributed by atoms with Gasteiger partial charge in [0, 0.05) is 39.8 Å². The van der Waals surface area contributed by atoms with Gasteiger partial charge in [-0.05, 0) is 18.2 Å². The molecule has 1 aromatic rings. The summed E-state index contributed by atoms with van der Waals surface area (Å²) in [5.74, 6) is 1.13. The SMILES string of the molecule is CC1CN(c2cc(Br)ccc2C=O)CCS1. The molecule has 2 rings (SSSR count). The van der Waals surface area contributed by atoms with Gasteiger partial charge in [0.25, 0.3) is 0 Å². The van der Waals surface area contributed by atoms with E-state index in [1.165, 1.54) is 0 Å². The summed E-state index contributed by atoms with van der Waals surface area (Å²) in [6.07, 6.45) is 0.939. The van der Waals surface area contributed by atoms with Gasteiger partial charge in [-0.1, -0.05) is 22.9 Å². The van der Waals surface area contributed by atoms with E-state index in [-0.39, 0.29) is 0 Å². The molecule has 1 saturated heterocycles. The summed E-state index contributed by atoms with van der Waals surface area (Å²) in [4.78, 5) is 13.3. The minimum absolute atomic E-state index is 0.632. The zero-order valence-electron chi connectivity index (χ0n) is 9.15. The van der Waals surface area contributed by atoms with Crippen molar-refractivity contribution in [1.29, 1.82) is 0 Å². The van der Waals surface area contributed by atoms with Crippen LogP contribution in [-0.2, 0) is 0 Å². The predicted octanol–water partition coefficient (Wildman–Crippen LogP) is 3.20. The van der Waals surface area contributed by atoms with E-state index in [2.05, 4.69) is 27.8 Å². The first-order valence-corrected chi connectivity index (χ1v) is 7.16. The first-order chi connectivity index (χ1) is 7.70. The first kappa shape index (κ1) is 12.0. The van der Waals surface area contributed by atoms with Crippen molar-refractivity contribution in [1.82, 2.24) is 0 Å². The maximum atomic E-state index is 11.0. The van der Waals surface area contributed by atoms with E-state index in [9.17, 15) is 4.79 Å². The van der Waals surface area contributed by atoms with E-state index in [1.54, 1.807) is 0 Å². The van der Waals surface area contributed by atoms with Crippen LogP contribution in [-0.4, -0.2) is 30.4 Å². The number of anilines is 1. The molecule has 0 bridgehead atoms. The van der Waals surface area contributed by atoms with Crippen LogP contribution in [0.15, 0.2) is 22.7 Å². The summed E-state index contributed by atoms with van der Waals surface area (Å²) < 4.78 is 1.03. The molecule has 1 aliphatic rings. The molecule has 1 fully saturated rings. The second kappa shape index (κ2) is 5.23. The molecule has 16 heavy (non-hydrogen) atoms. The van der Waals surface area contributed by atoms with Crippen LogP contribution in [0.4, 0.5) is 5.69 Å². The third-order valence-corrected chi connectivity index (χ3v) is 4.33. The number of thioether (sulfide) groups is 1. The maximum absolute atomic E-state index is 11.0. The molecule has 0 amide bonds. The number of nitrogens with zero attached hydrogens (tertiary/aromatic N) is 1. The molecule has 86 valence electrons. The summed E-state index contributed by atoms with van der Waals surface area (Å²) >= 11 is 5.45. The fourth-order valence-electron chi connectivity index (χ4n) is 1.93. The van der Waals surface area contributed by atoms with Crippen molar-refractivity contribution in [2.45, 2.75) is 12.2 Å². The Bertz CT molecular complexity index is 397. The number of hydrogen-bond donors (Lipinski definition) is 0. The smallest absolute Gasteiger partial charge is 0.152 e. The quantitative estimate of drug-likeness (QED) is 0.782. The second-order valence-corrected chi connectivity index (χ2v) is 6.41. The van der Waals surface area contributed by atoms with Crippen LogP contribution < -0.4 is 4.90 Å². The van der Waals surface area contributed by atoms with Gasteiger partial charge in [0.2, 0.25) is 0 Å². The summed E-state index contributed by atoms with van der Waals surface area (Å²) in [6.45, 7) is 4.27. The van der Waals surface area contributed by atoms with Crippen LogP contribution >= 0.6 is 27.7 Å². The van der Waals surface area contributed by atoms with Crippen molar-refractivity contribution in [3.63, 3.8) is 0 Å². The van der Waals surface area contributed by atoms with Crippen LogP contribution in [0.1, 0.15) is 17.3 Å². The Morgan fingerprint density at radius 2 is 2.38 bits per heavy atom. The van der Waals surface area contributed by atoms with Gasteiger partial charge < -0.3 is 4.90 Å². The van der Waals surface area contributed by atoms with E-state index in [1.807, 2.05) is 30.0 Å². The van der Waals surface area contributed by atoms with Crippen molar-refractivity contribution in [3.05, 3.63) is 28.2 Å². The molecule has 1 heterocycles. The van der Waals surface area contributed by atoms with E-state index in [0.29, 0.717) is 5.25 Å². The number of carbonyl (C=O) groups is 1. The third-order valence-electron chi connectivity index (χ3n) is 2.70. The van der Waals surface area contributed by atoms with Crippen LogP contribution in [0.25, 0.3) is 0 Å². The Kier molecular flexibility index (Phi) is 3.92. The topological polar surface area (TPSA) is 20.3 Å². The van der Waals surface area contributed by atoms with Crippen LogP contribution in [0.5, 0.6) is 0 Å². The van der Waals surface area contributed by atoms with Crippen molar-refractivity contribution < 1.29 is 4.79 Å². The van der Waals surface area contributed by atoms with E-state index in [4.69, 9.17) is 0 Å². The van der Waals surface area contributed by atoms with Gasteiger partial charge in [-0.3, -0.25) is 4.79 Å². The molecular formula is C12H14BrNOS. The van der Waals surface area contributed by atoms with Gasteiger partial charge >= 0.3 is 0 Å². The lowest BCUT2D eigenvalue weighted by molar-refractivity contribution is 0.112.